The number of esters is 1. The maximum absolute atomic E-state index is 12.0. The molecule has 1 fully saturated rings. The van der Waals surface area contributed by atoms with E-state index in [2.05, 4.69) is 16.8 Å². The van der Waals surface area contributed by atoms with Crippen LogP contribution in [0.1, 0.15) is 28.0 Å². The van der Waals surface area contributed by atoms with Crippen molar-refractivity contribution in [3.05, 3.63) is 53.2 Å². The molecule has 0 radical (unpaired) electrons. The minimum Gasteiger partial charge on any atom is -0.464 e. The predicted octanol–water partition coefficient (Wildman–Crippen LogP) is 2.67. The number of methoxy groups -OCH3 is 1. The molecule has 5 nitrogen and oxygen atoms in total. The normalized spacial score (nSPS) is 16.2. The number of amides is 1. The first kappa shape index (κ1) is 17.7. The number of benzene rings is 1. The molecule has 1 amide bonds. The number of hydrogen-bond acceptors (Lipinski definition) is 4. The Hall–Kier alpha value is -3.13. The average molecular weight is 348 g/mol. The number of aryl methyl sites for hydroxylation is 1. The zero-order valence-corrected chi connectivity index (χ0v) is 15.1. The summed E-state index contributed by atoms with van der Waals surface area (Å²) in [5.41, 5.74) is 3.56. The Morgan fingerprint density at radius 1 is 1.31 bits per heavy atom. The highest BCUT2D eigenvalue weighted by molar-refractivity contribution is 5.88. The van der Waals surface area contributed by atoms with Crippen LogP contribution in [0, 0.1) is 24.7 Å². The summed E-state index contributed by atoms with van der Waals surface area (Å²) < 4.78 is 4.76. The molecule has 0 bridgehead atoms. The van der Waals surface area contributed by atoms with Gasteiger partial charge in [-0.3, -0.25) is 4.79 Å². The van der Waals surface area contributed by atoms with Gasteiger partial charge >= 0.3 is 5.97 Å². The summed E-state index contributed by atoms with van der Waals surface area (Å²) in [5.74, 6) is 5.55. The van der Waals surface area contributed by atoms with Gasteiger partial charge in [0.05, 0.1) is 12.8 Å². The molecule has 0 aliphatic carbocycles. The lowest BCUT2D eigenvalue weighted by molar-refractivity contribution is -0.128. The molecule has 5 heteroatoms. The zero-order chi connectivity index (χ0) is 18.7. The number of rotatable bonds is 2. The van der Waals surface area contributed by atoms with E-state index < -0.39 is 5.97 Å². The van der Waals surface area contributed by atoms with E-state index in [9.17, 15) is 9.59 Å². The first-order chi connectivity index (χ1) is 12.5. The van der Waals surface area contributed by atoms with Crippen LogP contribution in [-0.2, 0) is 9.53 Å². The molecule has 0 saturated carbocycles. The Bertz CT molecular complexity index is 924. The summed E-state index contributed by atoms with van der Waals surface area (Å²) in [7, 11) is 3.14. The highest BCUT2D eigenvalue weighted by Crippen LogP contribution is 2.21. The first-order valence-electron chi connectivity index (χ1n) is 8.42. The molecule has 1 aliphatic rings. The fourth-order valence-corrected chi connectivity index (χ4v) is 2.91. The van der Waals surface area contributed by atoms with Crippen molar-refractivity contribution in [2.45, 2.75) is 13.3 Å². The molecule has 1 atom stereocenters. The minimum atomic E-state index is -0.463. The van der Waals surface area contributed by atoms with Gasteiger partial charge in [-0.2, -0.15) is 0 Å². The Morgan fingerprint density at radius 2 is 2.12 bits per heavy atom. The summed E-state index contributed by atoms with van der Waals surface area (Å²) in [6.07, 6.45) is 0.768. The third-order valence-corrected chi connectivity index (χ3v) is 4.34. The number of hydrogen-bond donors (Lipinski definition) is 0. The van der Waals surface area contributed by atoms with Crippen LogP contribution in [-0.4, -0.2) is 42.5 Å². The number of carbonyl (C=O) groups is 2. The number of carbonyl (C=O) groups excluding carboxylic acids is 2. The van der Waals surface area contributed by atoms with Crippen LogP contribution in [0.3, 0.4) is 0 Å². The number of aromatic nitrogens is 1. The number of pyridine rings is 1. The van der Waals surface area contributed by atoms with Crippen molar-refractivity contribution in [3.8, 4) is 23.1 Å². The van der Waals surface area contributed by atoms with Crippen molar-refractivity contribution >= 4 is 11.9 Å². The molecule has 1 aromatic heterocycles. The van der Waals surface area contributed by atoms with Crippen molar-refractivity contribution in [3.63, 3.8) is 0 Å². The standard InChI is InChI=1S/C21H20N2O3/c1-14-11-18(22-19(12-14)21(25)26-3)17-6-4-5-15(13-17)7-8-16-9-10-23(2)20(16)24/h4-6,11-13,16H,9-10H2,1-3H3. The van der Waals surface area contributed by atoms with E-state index in [0.717, 1.165) is 29.7 Å². The quantitative estimate of drug-likeness (QED) is 0.618. The second kappa shape index (κ2) is 7.40. The van der Waals surface area contributed by atoms with E-state index in [1.807, 2.05) is 37.3 Å². The Kier molecular flexibility index (Phi) is 5.04. The van der Waals surface area contributed by atoms with Gasteiger partial charge in [0.1, 0.15) is 11.6 Å². The second-order valence-corrected chi connectivity index (χ2v) is 6.36. The topological polar surface area (TPSA) is 59.5 Å². The van der Waals surface area contributed by atoms with E-state index in [0.29, 0.717) is 5.69 Å². The van der Waals surface area contributed by atoms with Crippen molar-refractivity contribution in [1.82, 2.24) is 9.88 Å². The van der Waals surface area contributed by atoms with Gasteiger partial charge in [-0.05, 0) is 43.2 Å². The van der Waals surface area contributed by atoms with E-state index >= 15 is 0 Å². The smallest absolute Gasteiger partial charge is 0.356 e. The summed E-state index contributed by atoms with van der Waals surface area (Å²) in [5, 5.41) is 0. The summed E-state index contributed by atoms with van der Waals surface area (Å²) >= 11 is 0. The summed E-state index contributed by atoms with van der Waals surface area (Å²) in [6, 6.07) is 11.2. The van der Waals surface area contributed by atoms with Gasteiger partial charge in [0.2, 0.25) is 5.91 Å². The molecule has 3 rings (SSSR count). The second-order valence-electron chi connectivity index (χ2n) is 6.36. The monoisotopic (exact) mass is 348 g/mol. The molecule has 2 heterocycles. The SMILES string of the molecule is COC(=O)c1cc(C)cc(-c2cccc(C#CC3CCN(C)C3=O)c2)n1. The Balaban J connectivity index is 1.90. The third-order valence-electron chi connectivity index (χ3n) is 4.34. The van der Waals surface area contributed by atoms with Crippen molar-refractivity contribution in [1.29, 1.82) is 0 Å². The van der Waals surface area contributed by atoms with Gasteiger partial charge in [-0.25, -0.2) is 9.78 Å². The Labute approximate surface area is 153 Å². The van der Waals surface area contributed by atoms with Gasteiger partial charge in [-0.1, -0.05) is 24.0 Å². The van der Waals surface area contributed by atoms with Crippen LogP contribution in [0.2, 0.25) is 0 Å². The molecule has 0 spiro atoms. The molecule has 2 aromatic rings. The van der Waals surface area contributed by atoms with Crippen LogP contribution in [0.15, 0.2) is 36.4 Å². The van der Waals surface area contributed by atoms with E-state index in [4.69, 9.17) is 4.74 Å². The molecule has 1 saturated heterocycles. The van der Waals surface area contributed by atoms with E-state index in [1.165, 1.54) is 7.11 Å². The zero-order valence-electron chi connectivity index (χ0n) is 15.1. The number of nitrogens with zero attached hydrogens (tertiary/aromatic N) is 2. The summed E-state index contributed by atoms with van der Waals surface area (Å²) in [4.78, 5) is 29.8. The van der Waals surface area contributed by atoms with Gasteiger partial charge in [0.15, 0.2) is 0 Å². The van der Waals surface area contributed by atoms with Crippen LogP contribution < -0.4 is 0 Å². The highest BCUT2D eigenvalue weighted by atomic mass is 16.5. The predicted molar refractivity (Wildman–Crippen MR) is 98.4 cm³/mol. The van der Waals surface area contributed by atoms with Crippen LogP contribution in [0.25, 0.3) is 11.3 Å². The van der Waals surface area contributed by atoms with E-state index in [1.54, 1.807) is 18.0 Å². The minimum absolute atomic E-state index is 0.0803. The van der Waals surface area contributed by atoms with Crippen LogP contribution >= 0.6 is 0 Å². The molecule has 1 unspecified atom stereocenters. The third kappa shape index (κ3) is 3.75. The first-order valence-corrected chi connectivity index (χ1v) is 8.42. The van der Waals surface area contributed by atoms with Gasteiger partial charge in [0, 0.05) is 24.7 Å². The average Bonchev–Trinajstić information content (AvgIpc) is 2.97. The molecule has 26 heavy (non-hydrogen) atoms. The lowest BCUT2D eigenvalue weighted by Gasteiger charge is -2.06. The van der Waals surface area contributed by atoms with Crippen molar-refractivity contribution < 1.29 is 14.3 Å². The fraction of sp³-hybridized carbons (Fsp3) is 0.286. The molecule has 0 N–H and O–H groups in total. The van der Waals surface area contributed by atoms with Crippen LogP contribution in [0.5, 0.6) is 0 Å². The number of ether oxygens (including phenoxy) is 1. The van der Waals surface area contributed by atoms with Crippen molar-refractivity contribution in [2.75, 3.05) is 20.7 Å². The largest absolute Gasteiger partial charge is 0.464 e. The molecule has 1 aromatic carbocycles. The van der Waals surface area contributed by atoms with E-state index in [-0.39, 0.29) is 17.5 Å². The lowest BCUT2D eigenvalue weighted by atomic mass is 10.0. The Morgan fingerprint density at radius 3 is 2.81 bits per heavy atom. The molecular weight excluding hydrogens is 328 g/mol. The lowest BCUT2D eigenvalue weighted by Crippen LogP contribution is -2.21. The van der Waals surface area contributed by atoms with Crippen molar-refractivity contribution in [2.24, 2.45) is 5.92 Å². The molecular formula is C21H20N2O3. The molecule has 1 aliphatic heterocycles. The van der Waals surface area contributed by atoms with Gasteiger partial charge in [-0.15, -0.1) is 0 Å². The maximum atomic E-state index is 12.0. The number of likely N-dealkylation sites (tertiary alicyclic amines) is 1. The molecule has 132 valence electrons. The van der Waals surface area contributed by atoms with Gasteiger partial charge < -0.3 is 9.64 Å². The van der Waals surface area contributed by atoms with Crippen LogP contribution in [0.4, 0.5) is 0 Å². The summed E-state index contributed by atoms with van der Waals surface area (Å²) in [6.45, 7) is 2.66. The van der Waals surface area contributed by atoms with Gasteiger partial charge in [0.25, 0.3) is 0 Å². The maximum Gasteiger partial charge on any atom is 0.356 e. The fourth-order valence-electron chi connectivity index (χ4n) is 2.91. The highest BCUT2D eigenvalue weighted by Gasteiger charge is 2.27.